The second-order valence-corrected chi connectivity index (χ2v) is 11.1. The molecule has 1 aromatic carbocycles. The van der Waals surface area contributed by atoms with E-state index >= 15 is 0 Å². The number of cyclic esters (lactones) is 1. The summed E-state index contributed by atoms with van der Waals surface area (Å²) in [6.45, 7) is 12.9. The molecule has 1 heterocycles. The van der Waals surface area contributed by atoms with E-state index in [0.717, 1.165) is 35.4 Å². The van der Waals surface area contributed by atoms with E-state index in [1.165, 1.54) is 11.1 Å². The maximum Gasteiger partial charge on any atom is 0.309 e. The molecule has 0 aromatic heterocycles. The first kappa shape index (κ1) is 25.0. The van der Waals surface area contributed by atoms with Gasteiger partial charge >= 0.3 is 5.97 Å². The molecule has 5 heteroatoms. The Morgan fingerprint density at radius 1 is 1.28 bits per heavy atom. The lowest BCUT2D eigenvalue weighted by Gasteiger charge is -2.41. The molecule has 1 aliphatic carbocycles. The molecule has 1 saturated heterocycles. The Morgan fingerprint density at radius 3 is 2.62 bits per heavy atom. The molecular weight excluding hydrogens is 424 g/mol. The van der Waals surface area contributed by atoms with Gasteiger partial charge in [-0.1, -0.05) is 44.5 Å². The lowest BCUT2D eigenvalue weighted by Crippen LogP contribution is -2.35. The number of allylic oxidation sites excluding steroid dienone is 2. The van der Waals surface area contributed by atoms with Crippen LogP contribution in [0.25, 0.3) is 5.57 Å². The van der Waals surface area contributed by atoms with Crippen LogP contribution in [0.15, 0.2) is 35.9 Å². The monoisotopic (exact) mass is 460 g/mol. The average molecular weight is 461 g/mol. The Morgan fingerprint density at radius 2 is 2.00 bits per heavy atom. The Labute approximate surface area is 197 Å². The van der Waals surface area contributed by atoms with E-state index in [1.54, 1.807) is 0 Å². The SMILES string of the molecule is CCc1cc(C2=C(C=C[C@H]3C[C@H](O)CC(=O)O3)C(C)(C)CC(OC(C)(C)C)C2)ccc1Cl. The molecule has 3 rings (SSSR count). The highest BCUT2D eigenvalue weighted by Crippen LogP contribution is 2.47. The Balaban J connectivity index is 2.04. The lowest BCUT2D eigenvalue weighted by molar-refractivity contribution is -0.156. The van der Waals surface area contributed by atoms with E-state index < -0.39 is 12.2 Å². The van der Waals surface area contributed by atoms with Crippen molar-refractivity contribution in [3.63, 3.8) is 0 Å². The topological polar surface area (TPSA) is 55.8 Å². The van der Waals surface area contributed by atoms with Crippen molar-refractivity contribution in [3.8, 4) is 0 Å². The fourth-order valence-electron chi connectivity index (χ4n) is 4.84. The summed E-state index contributed by atoms with van der Waals surface area (Å²) in [7, 11) is 0. The molecule has 0 spiro atoms. The van der Waals surface area contributed by atoms with Gasteiger partial charge in [-0.2, -0.15) is 0 Å². The van der Waals surface area contributed by atoms with Crippen LogP contribution < -0.4 is 0 Å². The second-order valence-electron chi connectivity index (χ2n) is 10.7. The molecule has 0 bridgehead atoms. The number of ether oxygens (including phenoxy) is 2. The van der Waals surface area contributed by atoms with Crippen molar-refractivity contribution in [1.82, 2.24) is 0 Å². The lowest BCUT2D eigenvalue weighted by atomic mass is 9.69. The molecule has 0 saturated carbocycles. The summed E-state index contributed by atoms with van der Waals surface area (Å²) in [6, 6.07) is 6.25. The number of halogens is 1. The predicted octanol–water partition coefficient (Wildman–Crippen LogP) is 6.28. The van der Waals surface area contributed by atoms with Gasteiger partial charge in [0.1, 0.15) is 6.10 Å². The number of hydrogen-bond acceptors (Lipinski definition) is 4. The summed E-state index contributed by atoms with van der Waals surface area (Å²) in [5, 5.41) is 10.8. The number of carbonyl (C=O) groups is 1. The molecule has 4 nitrogen and oxygen atoms in total. The smallest absolute Gasteiger partial charge is 0.309 e. The van der Waals surface area contributed by atoms with E-state index in [1.807, 2.05) is 12.1 Å². The molecule has 1 fully saturated rings. The number of aliphatic hydroxyl groups is 1. The number of aliphatic hydroxyl groups excluding tert-OH is 1. The van der Waals surface area contributed by atoms with E-state index in [4.69, 9.17) is 21.1 Å². The minimum Gasteiger partial charge on any atom is -0.458 e. The molecule has 176 valence electrons. The number of esters is 1. The molecule has 32 heavy (non-hydrogen) atoms. The highest BCUT2D eigenvalue weighted by Gasteiger charge is 2.37. The molecule has 0 radical (unpaired) electrons. The third kappa shape index (κ3) is 6.24. The molecule has 1 unspecified atom stereocenters. The van der Waals surface area contributed by atoms with Crippen LogP contribution in [-0.2, 0) is 20.7 Å². The van der Waals surface area contributed by atoms with Crippen LogP contribution in [0, 0.1) is 5.41 Å². The van der Waals surface area contributed by atoms with Crippen LogP contribution in [0.4, 0.5) is 0 Å². The molecule has 1 N–H and O–H groups in total. The zero-order valence-electron chi connectivity index (χ0n) is 20.2. The van der Waals surface area contributed by atoms with E-state index in [2.05, 4.69) is 59.8 Å². The van der Waals surface area contributed by atoms with Crippen LogP contribution >= 0.6 is 11.6 Å². The van der Waals surface area contributed by atoms with Crippen molar-refractivity contribution < 1.29 is 19.4 Å². The number of carbonyl (C=O) groups excluding carboxylic acids is 1. The normalized spacial score (nSPS) is 26.5. The summed E-state index contributed by atoms with van der Waals surface area (Å²) < 4.78 is 11.9. The minimum absolute atomic E-state index is 0.0696. The zero-order chi connectivity index (χ0) is 23.7. The first-order valence-corrected chi connectivity index (χ1v) is 12.0. The van der Waals surface area contributed by atoms with Crippen molar-refractivity contribution in [2.45, 2.75) is 97.6 Å². The van der Waals surface area contributed by atoms with Crippen molar-refractivity contribution in [3.05, 3.63) is 52.1 Å². The third-order valence-corrected chi connectivity index (χ3v) is 6.56. The molecule has 1 aromatic rings. The van der Waals surface area contributed by atoms with E-state index in [9.17, 15) is 9.90 Å². The first-order valence-electron chi connectivity index (χ1n) is 11.6. The van der Waals surface area contributed by atoms with Crippen molar-refractivity contribution in [2.75, 3.05) is 0 Å². The standard InChI is InChI=1S/C27H37ClO4/c1-7-17-12-18(8-11-24(17)28)22-15-21(32-26(2,3)4)16-27(5,6)23(22)10-9-20-13-19(29)14-25(30)31-20/h8-12,19-21,29H,7,13-16H2,1-6H3/t19-,20-,21?/m0/s1. The Kier molecular flexibility index (Phi) is 7.59. The van der Waals surface area contributed by atoms with E-state index in [0.29, 0.717) is 6.42 Å². The van der Waals surface area contributed by atoms with Crippen LogP contribution in [0.2, 0.25) is 5.02 Å². The van der Waals surface area contributed by atoms with Gasteiger partial charge in [0.2, 0.25) is 0 Å². The summed E-state index contributed by atoms with van der Waals surface area (Å²) in [4.78, 5) is 11.8. The van der Waals surface area contributed by atoms with Crippen LogP contribution in [0.1, 0.15) is 78.4 Å². The summed E-state index contributed by atoms with van der Waals surface area (Å²) in [5.74, 6) is -0.348. The van der Waals surface area contributed by atoms with Gasteiger partial charge in [-0.25, -0.2) is 0 Å². The third-order valence-electron chi connectivity index (χ3n) is 6.19. The highest BCUT2D eigenvalue weighted by atomic mass is 35.5. The van der Waals surface area contributed by atoms with Gasteiger partial charge in [0.15, 0.2) is 0 Å². The average Bonchev–Trinajstić information content (AvgIpc) is 2.64. The van der Waals surface area contributed by atoms with E-state index in [-0.39, 0.29) is 29.5 Å². The van der Waals surface area contributed by atoms with Crippen LogP contribution in [0.3, 0.4) is 0 Å². The van der Waals surface area contributed by atoms with Gasteiger partial charge in [0, 0.05) is 11.4 Å². The Hall–Kier alpha value is -1.62. The van der Waals surface area contributed by atoms with Crippen molar-refractivity contribution in [1.29, 1.82) is 0 Å². The fourth-order valence-corrected chi connectivity index (χ4v) is 5.10. The van der Waals surface area contributed by atoms with Gasteiger partial charge in [-0.05, 0) is 85.9 Å². The summed E-state index contributed by atoms with van der Waals surface area (Å²) in [5.41, 5.74) is 4.37. The number of aryl methyl sites for hydroxylation is 1. The molecule has 1 aliphatic heterocycles. The van der Waals surface area contributed by atoms with Gasteiger partial charge in [-0.3, -0.25) is 4.79 Å². The highest BCUT2D eigenvalue weighted by molar-refractivity contribution is 6.31. The molecular formula is C27H37ClO4. The first-order chi connectivity index (χ1) is 14.9. The second kappa shape index (κ2) is 9.70. The van der Waals surface area contributed by atoms with Gasteiger partial charge in [-0.15, -0.1) is 0 Å². The molecule has 3 atom stereocenters. The van der Waals surface area contributed by atoms with Gasteiger partial charge < -0.3 is 14.6 Å². The van der Waals surface area contributed by atoms with Crippen molar-refractivity contribution in [2.24, 2.45) is 5.41 Å². The predicted molar refractivity (Wildman–Crippen MR) is 130 cm³/mol. The largest absolute Gasteiger partial charge is 0.458 e. The number of benzene rings is 1. The Bertz CT molecular complexity index is 907. The summed E-state index contributed by atoms with van der Waals surface area (Å²) >= 11 is 6.41. The van der Waals surface area contributed by atoms with Gasteiger partial charge in [0.05, 0.1) is 24.2 Å². The van der Waals surface area contributed by atoms with Crippen molar-refractivity contribution >= 4 is 23.1 Å². The maximum atomic E-state index is 11.8. The number of hydrogen-bond donors (Lipinski definition) is 1. The number of rotatable bonds is 5. The fraction of sp³-hybridized carbons (Fsp3) is 0.593. The molecule has 0 amide bonds. The maximum absolute atomic E-state index is 11.8. The molecule has 2 aliphatic rings. The van der Waals surface area contributed by atoms with Crippen LogP contribution in [-0.4, -0.2) is 35.0 Å². The minimum atomic E-state index is -0.647. The zero-order valence-corrected chi connectivity index (χ0v) is 21.0. The van der Waals surface area contributed by atoms with Gasteiger partial charge in [0.25, 0.3) is 0 Å². The quantitative estimate of drug-likeness (QED) is 0.525. The summed E-state index contributed by atoms with van der Waals surface area (Å²) in [6.07, 6.45) is 6.15. The van der Waals surface area contributed by atoms with Crippen LogP contribution in [0.5, 0.6) is 0 Å².